The zero-order valence-corrected chi connectivity index (χ0v) is 25.5. The zero-order valence-electron chi connectivity index (χ0n) is 24.5. The van der Waals surface area contributed by atoms with Crippen LogP contribution in [0.1, 0.15) is 58.2 Å². The summed E-state index contributed by atoms with van der Waals surface area (Å²) in [6.45, 7) is 18.7. The van der Waals surface area contributed by atoms with E-state index in [1.165, 1.54) is 5.19 Å². The molecule has 6 nitrogen and oxygen atoms in total. The van der Waals surface area contributed by atoms with Gasteiger partial charge in [0.1, 0.15) is 26.2 Å². The lowest BCUT2D eigenvalue weighted by molar-refractivity contribution is -0.135. The lowest BCUT2D eigenvalue weighted by Gasteiger charge is -2.29. The van der Waals surface area contributed by atoms with E-state index in [9.17, 15) is 9.90 Å². The number of phenolic OH excluding ortho intramolecular Hbond substituents is 1. The van der Waals surface area contributed by atoms with Gasteiger partial charge in [0.15, 0.2) is 0 Å². The molecular formula is C30H47NO5Si. The Balaban J connectivity index is 2.10. The summed E-state index contributed by atoms with van der Waals surface area (Å²) < 4.78 is 16.7. The molecule has 0 fully saturated rings. The largest absolute Gasteiger partial charge is 0.507 e. The Morgan fingerprint density at radius 2 is 1.49 bits per heavy atom. The number of likely N-dealkylation sites (N-methyl/N-ethyl adjacent to an activating group) is 1. The Labute approximate surface area is 224 Å². The number of carbonyl (C=O) groups excluding carboxylic acids is 1. The number of carbonyl (C=O) groups is 1. The summed E-state index contributed by atoms with van der Waals surface area (Å²) in [4.78, 5) is 14.0. The van der Waals surface area contributed by atoms with Crippen molar-refractivity contribution in [2.24, 2.45) is 0 Å². The predicted octanol–water partition coefficient (Wildman–Crippen LogP) is 5.14. The lowest BCUT2D eigenvalue weighted by Crippen LogP contribution is -2.47. The van der Waals surface area contributed by atoms with Gasteiger partial charge in [-0.3, -0.25) is 4.79 Å². The van der Waals surface area contributed by atoms with Crippen LogP contribution < -0.4 is 9.92 Å². The summed E-state index contributed by atoms with van der Waals surface area (Å²) in [6.07, 6.45) is 0.626. The van der Waals surface area contributed by atoms with Gasteiger partial charge >= 0.3 is 0 Å². The van der Waals surface area contributed by atoms with Crippen LogP contribution in [0.2, 0.25) is 13.1 Å². The Morgan fingerprint density at radius 3 is 1.97 bits per heavy atom. The Bertz CT molecular complexity index is 1000. The number of aromatic hydroxyl groups is 1. The molecule has 0 saturated carbocycles. The van der Waals surface area contributed by atoms with Crippen molar-refractivity contribution < 1.29 is 24.1 Å². The van der Waals surface area contributed by atoms with E-state index in [2.05, 4.69) is 78.9 Å². The van der Waals surface area contributed by atoms with Gasteiger partial charge in [-0.15, -0.1) is 0 Å². The van der Waals surface area contributed by atoms with Gasteiger partial charge < -0.3 is 24.2 Å². The van der Waals surface area contributed by atoms with Gasteiger partial charge in [0, 0.05) is 31.8 Å². The molecule has 7 heteroatoms. The molecular weight excluding hydrogens is 482 g/mol. The lowest BCUT2D eigenvalue weighted by atomic mass is 9.79. The third-order valence-corrected chi connectivity index (χ3v) is 9.30. The van der Waals surface area contributed by atoms with E-state index < -0.39 is 8.07 Å². The van der Waals surface area contributed by atoms with Crippen LogP contribution in [-0.4, -0.2) is 64.2 Å². The fraction of sp³-hybridized carbons (Fsp3) is 0.567. The molecule has 0 saturated heterocycles. The van der Waals surface area contributed by atoms with Crippen LogP contribution >= 0.6 is 0 Å². The standard InChI is InChI=1S/C30H47NO5Si/c1-29(2,3)25-17-23(18-26(28(25)33)30(4,5)6)36-21-37(9,10)24-13-11-22(12-14-24)19-31(7)27(32)20-35-16-15-34-8/h11-14,17-18,33H,15-16,19-21H2,1-10H3. The molecule has 0 aliphatic rings. The molecule has 206 valence electrons. The molecule has 1 amide bonds. The number of benzene rings is 2. The molecule has 0 aromatic heterocycles. The van der Waals surface area contributed by atoms with E-state index in [1.54, 1.807) is 19.1 Å². The van der Waals surface area contributed by atoms with Crippen molar-refractivity contribution in [2.45, 2.75) is 72.0 Å². The van der Waals surface area contributed by atoms with Crippen molar-refractivity contribution in [3.05, 3.63) is 53.1 Å². The fourth-order valence-corrected chi connectivity index (χ4v) is 5.78. The van der Waals surface area contributed by atoms with Crippen LogP contribution in [0.4, 0.5) is 0 Å². The van der Waals surface area contributed by atoms with Gasteiger partial charge in [0.2, 0.25) is 5.91 Å². The minimum absolute atomic E-state index is 0.0542. The van der Waals surface area contributed by atoms with Crippen LogP contribution in [0.25, 0.3) is 0 Å². The fourth-order valence-electron chi connectivity index (χ4n) is 4.02. The highest BCUT2D eigenvalue weighted by atomic mass is 28.3. The van der Waals surface area contributed by atoms with Gasteiger partial charge in [-0.05, 0) is 28.5 Å². The number of nitrogens with zero attached hydrogens (tertiary/aromatic N) is 1. The van der Waals surface area contributed by atoms with Gasteiger partial charge in [0.25, 0.3) is 0 Å². The van der Waals surface area contributed by atoms with E-state index in [0.29, 0.717) is 31.7 Å². The molecule has 2 rings (SSSR count). The Hall–Kier alpha value is -2.35. The second-order valence-corrected chi connectivity index (χ2v) is 17.2. The van der Waals surface area contributed by atoms with Crippen molar-refractivity contribution >= 4 is 19.2 Å². The van der Waals surface area contributed by atoms with Gasteiger partial charge in [-0.25, -0.2) is 0 Å². The van der Waals surface area contributed by atoms with Crippen molar-refractivity contribution in [1.29, 1.82) is 0 Å². The first-order valence-corrected chi connectivity index (χ1v) is 16.2. The monoisotopic (exact) mass is 529 g/mol. The van der Waals surface area contributed by atoms with Crippen molar-refractivity contribution in [3.63, 3.8) is 0 Å². The summed E-state index contributed by atoms with van der Waals surface area (Å²) in [5.74, 6) is 1.11. The van der Waals surface area contributed by atoms with E-state index in [0.717, 1.165) is 22.4 Å². The number of hydrogen-bond acceptors (Lipinski definition) is 5. The molecule has 0 unspecified atom stereocenters. The van der Waals surface area contributed by atoms with Crippen molar-refractivity contribution in [2.75, 3.05) is 40.2 Å². The number of rotatable bonds is 11. The summed E-state index contributed by atoms with van der Waals surface area (Å²) in [5, 5.41) is 12.3. The van der Waals surface area contributed by atoms with Crippen molar-refractivity contribution in [3.8, 4) is 11.5 Å². The first kappa shape index (κ1) is 30.9. The number of methoxy groups -OCH3 is 1. The Kier molecular flexibility index (Phi) is 10.4. The highest BCUT2D eigenvalue weighted by Gasteiger charge is 2.29. The van der Waals surface area contributed by atoms with Crippen molar-refractivity contribution in [1.82, 2.24) is 4.90 Å². The van der Waals surface area contributed by atoms with Crippen LogP contribution in [0.15, 0.2) is 36.4 Å². The molecule has 2 aromatic carbocycles. The second kappa shape index (κ2) is 12.5. The van der Waals surface area contributed by atoms with Gasteiger partial charge in [-0.1, -0.05) is 84.1 Å². The minimum atomic E-state index is -1.91. The number of hydrogen-bond donors (Lipinski definition) is 1. The third kappa shape index (κ3) is 8.87. The second-order valence-electron chi connectivity index (χ2n) is 12.5. The molecule has 0 heterocycles. The smallest absolute Gasteiger partial charge is 0.248 e. The summed E-state index contributed by atoms with van der Waals surface area (Å²) in [7, 11) is 1.49. The first-order valence-electron chi connectivity index (χ1n) is 13.0. The average Bonchev–Trinajstić information content (AvgIpc) is 2.80. The van der Waals surface area contributed by atoms with Crippen LogP contribution in [0.5, 0.6) is 11.5 Å². The maximum atomic E-state index is 12.3. The van der Waals surface area contributed by atoms with Crippen LogP contribution in [0, 0.1) is 0 Å². The number of amides is 1. The molecule has 0 atom stereocenters. The highest BCUT2D eigenvalue weighted by molar-refractivity contribution is 6.89. The topological polar surface area (TPSA) is 68.2 Å². The molecule has 2 aromatic rings. The maximum absolute atomic E-state index is 12.3. The molecule has 0 aliphatic carbocycles. The quantitative estimate of drug-likeness (QED) is 0.322. The highest BCUT2D eigenvalue weighted by Crippen LogP contribution is 2.41. The van der Waals surface area contributed by atoms with Crippen LogP contribution in [0.3, 0.4) is 0 Å². The summed E-state index contributed by atoms with van der Waals surface area (Å²) in [5.41, 5.74) is 2.49. The molecule has 0 spiro atoms. The molecule has 1 N–H and O–H groups in total. The first-order chi connectivity index (χ1) is 17.1. The minimum Gasteiger partial charge on any atom is -0.507 e. The summed E-state index contributed by atoms with van der Waals surface area (Å²) in [6, 6.07) is 12.5. The van der Waals surface area contributed by atoms with Gasteiger partial charge in [-0.2, -0.15) is 0 Å². The molecule has 37 heavy (non-hydrogen) atoms. The van der Waals surface area contributed by atoms with E-state index in [4.69, 9.17) is 14.2 Å². The van der Waals surface area contributed by atoms with Crippen LogP contribution in [-0.2, 0) is 31.6 Å². The van der Waals surface area contributed by atoms with E-state index >= 15 is 0 Å². The normalized spacial score (nSPS) is 12.5. The maximum Gasteiger partial charge on any atom is 0.248 e. The molecule has 0 radical (unpaired) electrons. The Morgan fingerprint density at radius 1 is 0.946 bits per heavy atom. The third-order valence-electron chi connectivity index (χ3n) is 6.54. The number of ether oxygens (including phenoxy) is 3. The zero-order chi connectivity index (χ0) is 28.0. The van der Waals surface area contributed by atoms with Gasteiger partial charge in [0.05, 0.1) is 19.4 Å². The SMILES string of the molecule is COCCOCC(=O)N(C)Cc1ccc([Si](C)(C)COc2cc(C(C)(C)C)c(O)c(C(C)(C)C)c2)cc1. The summed E-state index contributed by atoms with van der Waals surface area (Å²) >= 11 is 0. The predicted molar refractivity (Wildman–Crippen MR) is 154 cm³/mol. The number of phenols is 1. The molecule has 0 bridgehead atoms. The molecule has 0 aliphatic heterocycles. The average molecular weight is 530 g/mol. The van der Waals surface area contributed by atoms with E-state index in [1.807, 2.05) is 12.1 Å². The van der Waals surface area contributed by atoms with E-state index in [-0.39, 0.29) is 23.3 Å².